The summed E-state index contributed by atoms with van der Waals surface area (Å²) in [5.74, 6) is -0.572. The molecule has 0 fully saturated rings. The van der Waals surface area contributed by atoms with Crippen LogP contribution >= 0.6 is 11.8 Å². The van der Waals surface area contributed by atoms with Crippen molar-refractivity contribution in [3.63, 3.8) is 0 Å². The lowest BCUT2D eigenvalue weighted by molar-refractivity contribution is 0.418. The molecule has 3 rings (SSSR count). The molecule has 0 atom stereocenters. The summed E-state index contributed by atoms with van der Waals surface area (Å²) in [5.41, 5.74) is 3.27. The fourth-order valence-electron chi connectivity index (χ4n) is 2.55. The second kappa shape index (κ2) is 8.27. The van der Waals surface area contributed by atoms with Crippen LogP contribution in [0.4, 0.5) is 8.78 Å². The van der Waals surface area contributed by atoms with Crippen molar-refractivity contribution in [1.82, 2.24) is 9.97 Å². The predicted molar refractivity (Wildman–Crippen MR) is 108 cm³/mol. The monoisotopic (exact) mass is 400 g/mol. The van der Waals surface area contributed by atoms with Gasteiger partial charge in [0.05, 0.1) is 0 Å². The normalized spacial score (nSPS) is 11.5. The van der Waals surface area contributed by atoms with E-state index in [-0.39, 0.29) is 17.0 Å². The average Bonchev–Trinajstić information content (AvgIpc) is 2.62. The molecule has 0 aliphatic carbocycles. The Morgan fingerprint density at radius 1 is 0.964 bits per heavy atom. The Morgan fingerprint density at radius 3 is 2.32 bits per heavy atom. The van der Waals surface area contributed by atoms with E-state index in [2.05, 4.69) is 55.0 Å². The average molecular weight is 400 g/mol. The van der Waals surface area contributed by atoms with Crippen LogP contribution in [0.25, 0.3) is 0 Å². The Bertz CT molecular complexity index is 969. The van der Waals surface area contributed by atoms with Crippen LogP contribution in [0.5, 0.6) is 11.6 Å². The summed E-state index contributed by atoms with van der Waals surface area (Å²) >= 11 is 1.48. The van der Waals surface area contributed by atoms with Gasteiger partial charge in [-0.15, -0.1) is 0 Å². The molecule has 28 heavy (non-hydrogen) atoms. The number of hydrogen-bond donors (Lipinski definition) is 0. The van der Waals surface area contributed by atoms with Crippen molar-refractivity contribution in [2.45, 2.75) is 44.0 Å². The highest BCUT2D eigenvalue weighted by atomic mass is 32.2. The van der Waals surface area contributed by atoms with Crippen molar-refractivity contribution in [3.05, 3.63) is 77.0 Å². The molecule has 0 amide bonds. The largest absolute Gasteiger partial charge is 0.436 e. The zero-order valence-electron chi connectivity index (χ0n) is 16.3. The number of aromatic nitrogens is 2. The first-order valence-corrected chi connectivity index (χ1v) is 9.90. The second-order valence-corrected chi connectivity index (χ2v) is 8.49. The molecule has 3 aromatic rings. The molecule has 146 valence electrons. The molecule has 0 aliphatic rings. The van der Waals surface area contributed by atoms with Crippen LogP contribution in [0.3, 0.4) is 0 Å². The predicted octanol–water partition coefficient (Wildman–Crippen LogP) is 6.45. The summed E-state index contributed by atoms with van der Waals surface area (Å²) in [6.07, 6.45) is 0. The molecule has 0 bridgehead atoms. The summed E-state index contributed by atoms with van der Waals surface area (Å²) in [6.45, 7) is 8.37. The second-order valence-electron chi connectivity index (χ2n) is 7.54. The maximum atomic E-state index is 13.8. The topological polar surface area (TPSA) is 35.0 Å². The molecule has 0 unspecified atom stereocenters. The molecule has 0 radical (unpaired) electrons. The molecule has 0 N–H and O–H groups in total. The Morgan fingerprint density at radius 2 is 1.68 bits per heavy atom. The van der Waals surface area contributed by atoms with Crippen molar-refractivity contribution in [1.29, 1.82) is 0 Å². The minimum Gasteiger partial charge on any atom is -0.436 e. The van der Waals surface area contributed by atoms with Crippen molar-refractivity contribution in [3.8, 4) is 11.6 Å². The molecule has 1 heterocycles. The van der Waals surface area contributed by atoms with Gasteiger partial charge in [0, 0.05) is 23.6 Å². The van der Waals surface area contributed by atoms with Crippen molar-refractivity contribution in [2.75, 3.05) is 0 Å². The molecule has 6 heteroatoms. The Labute approximate surface area is 168 Å². The van der Waals surface area contributed by atoms with Crippen LogP contribution in [0.15, 0.2) is 53.7 Å². The number of aryl methyl sites for hydroxylation is 1. The molecule has 3 nitrogen and oxygen atoms in total. The lowest BCUT2D eigenvalue weighted by Gasteiger charge is -2.19. The third kappa shape index (κ3) is 5.29. The number of benzene rings is 2. The van der Waals surface area contributed by atoms with Crippen molar-refractivity contribution in [2.24, 2.45) is 0 Å². The zero-order valence-corrected chi connectivity index (χ0v) is 17.1. The van der Waals surface area contributed by atoms with Gasteiger partial charge >= 0.3 is 0 Å². The van der Waals surface area contributed by atoms with Gasteiger partial charge in [0.1, 0.15) is 5.82 Å². The smallest absolute Gasteiger partial charge is 0.223 e. The van der Waals surface area contributed by atoms with E-state index in [0.717, 1.165) is 17.7 Å². The highest BCUT2D eigenvalue weighted by Crippen LogP contribution is 2.28. The van der Waals surface area contributed by atoms with Gasteiger partial charge in [-0.1, -0.05) is 56.8 Å². The summed E-state index contributed by atoms with van der Waals surface area (Å²) in [5, 5.41) is 0.539. The van der Waals surface area contributed by atoms with E-state index in [4.69, 9.17) is 4.74 Å². The number of rotatable bonds is 5. The zero-order chi connectivity index (χ0) is 20.3. The molecule has 0 saturated carbocycles. The van der Waals surface area contributed by atoms with Gasteiger partial charge in [-0.25, -0.2) is 13.8 Å². The summed E-state index contributed by atoms with van der Waals surface area (Å²) in [7, 11) is 0. The van der Waals surface area contributed by atoms with E-state index < -0.39 is 11.6 Å². The van der Waals surface area contributed by atoms with Crippen LogP contribution in [0.1, 0.15) is 37.6 Å². The molecular formula is C22H22F2N2OS. The Balaban J connectivity index is 1.71. The highest BCUT2D eigenvalue weighted by Gasteiger charge is 2.13. The van der Waals surface area contributed by atoms with Crippen molar-refractivity contribution < 1.29 is 13.5 Å². The van der Waals surface area contributed by atoms with Crippen LogP contribution in [-0.4, -0.2) is 9.97 Å². The van der Waals surface area contributed by atoms with Crippen LogP contribution < -0.4 is 4.74 Å². The number of hydrogen-bond acceptors (Lipinski definition) is 4. The van der Waals surface area contributed by atoms with E-state index in [0.29, 0.717) is 16.6 Å². The number of ether oxygens (including phenoxy) is 1. The first kappa shape index (κ1) is 20.3. The van der Waals surface area contributed by atoms with E-state index in [1.807, 2.05) is 6.92 Å². The molecule has 0 aliphatic heterocycles. The molecule has 1 aromatic heterocycles. The van der Waals surface area contributed by atoms with Crippen LogP contribution in [0.2, 0.25) is 0 Å². The third-order valence-corrected chi connectivity index (χ3v) is 5.02. The van der Waals surface area contributed by atoms with E-state index in [1.165, 1.54) is 23.4 Å². The number of thioether (sulfide) groups is 1. The molecule has 0 spiro atoms. The van der Waals surface area contributed by atoms with Crippen molar-refractivity contribution >= 4 is 11.8 Å². The first-order chi connectivity index (χ1) is 13.2. The van der Waals surface area contributed by atoms with Gasteiger partial charge in [0.15, 0.2) is 16.7 Å². The van der Waals surface area contributed by atoms with Crippen LogP contribution in [0, 0.1) is 18.6 Å². The quantitative estimate of drug-likeness (QED) is 0.364. The van der Waals surface area contributed by atoms with E-state index >= 15 is 0 Å². The van der Waals surface area contributed by atoms with Gasteiger partial charge in [0.2, 0.25) is 5.88 Å². The fourth-order valence-corrected chi connectivity index (χ4v) is 3.40. The first-order valence-electron chi connectivity index (χ1n) is 8.91. The Hall–Kier alpha value is -2.47. The van der Waals surface area contributed by atoms with Gasteiger partial charge in [0.25, 0.3) is 0 Å². The Kier molecular flexibility index (Phi) is 5.98. The summed E-state index contributed by atoms with van der Waals surface area (Å²) in [6, 6.07) is 13.3. The minimum absolute atomic E-state index is 0.0757. The third-order valence-electron chi connectivity index (χ3n) is 4.11. The van der Waals surface area contributed by atoms with Crippen LogP contribution in [-0.2, 0) is 11.2 Å². The SMILES string of the molecule is Cc1cc(Oc2ccc(F)cc2F)nc(SCc2ccc(C(C)(C)C)cc2)n1. The van der Waals surface area contributed by atoms with E-state index in [9.17, 15) is 8.78 Å². The number of halogens is 2. The minimum atomic E-state index is -0.774. The molecule has 2 aromatic carbocycles. The van der Waals surface area contributed by atoms with E-state index in [1.54, 1.807) is 6.07 Å². The summed E-state index contributed by atoms with van der Waals surface area (Å²) < 4.78 is 32.3. The fraction of sp³-hybridized carbons (Fsp3) is 0.273. The number of nitrogens with zero attached hydrogens (tertiary/aromatic N) is 2. The highest BCUT2D eigenvalue weighted by molar-refractivity contribution is 7.98. The standard InChI is InChI=1S/C22H22F2N2OS/c1-14-11-20(27-19-10-9-17(23)12-18(19)24)26-21(25-14)28-13-15-5-7-16(8-6-15)22(2,3)4/h5-12H,13H2,1-4H3. The van der Waals surface area contributed by atoms with Gasteiger partial charge in [-0.3, -0.25) is 0 Å². The maximum Gasteiger partial charge on any atom is 0.223 e. The van der Waals surface area contributed by atoms with Gasteiger partial charge in [-0.05, 0) is 35.6 Å². The summed E-state index contributed by atoms with van der Waals surface area (Å²) in [4.78, 5) is 8.74. The van der Waals surface area contributed by atoms with Gasteiger partial charge in [-0.2, -0.15) is 4.98 Å². The molecule has 0 saturated heterocycles. The lowest BCUT2D eigenvalue weighted by atomic mass is 9.87. The van der Waals surface area contributed by atoms with Gasteiger partial charge < -0.3 is 4.74 Å². The maximum absolute atomic E-state index is 13.8. The lowest BCUT2D eigenvalue weighted by Crippen LogP contribution is -2.10. The molecular weight excluding hydrogens is 378 g/mol.